The number of pyridine rings is 2. The van der Waals surface area contributed by atoms with Crippen LogP contribution in [-0.2, 0) is 0 Å². The molecule has 0 aliphatic carbocycles. The summed E-state index contributed by atoms with van der Waals surface area (Å²) in [6.45, 7) is 2.40. The first-order valence-electron chi connectivity index (χ1n) is 5.81. The van der Waals surface area contributed by atoms with Crippen molar-refractivity contribution >= 4 is 0 Å². The average Bonchev–Trinajstić information content (AvgIpc) is 2.42. The minimum atomic E-state index is 0.344. The van der Waals surface area contributed by atoms with Gasteiger partial charge in [0.1, 0.15) is 0 Å². The van der Waals surface area contributed by atoms with E-state index in [2.05, 4.69) is 16.9 Å². The van der Waals surface area contributed by atoms with Gasteiger partial charge in [-0.2, -0.15) is 0 Å². The van der Waals surface area contributed by atoms with Crippen LogP contribution in [0.4, 0.5) is 0 Å². The summed E-state index contributed by atoms with van der Waals surface area (Å²) in [5, 5.41) is 8.07. The van der Waals surface area contributed by atoms with Gasteiger partial charge in [-0.05, 0) is 30.7 Å². The largest absolute Gasteiger partial charge is 0.396 e. The maximum absolute atomic E-state index is 8.07. The van der Waals surface area contributed by atoms with Crippen molar-refractivity contribution in [1.82, 2.24) is 9.97 Å². The molecule has 0 aliphatic heterocycles. The van der Waals surface area contributed by atoms with Crippen molar-refractivity contribution in [3.63, 3.8) is 0 Å². The molecule has 2 aromatic heterocycles. The van der Waals surface area contributed by atoms with Crippen LogP contribution in [0.1, 0.15) is 19.8 Å². The first-order chi connectivity index (χ1) is 8.38. The molecule has 0 fully saturated rings. The fourth-order valence-electron chi connectivity index (χ4n) is 1.19. The van der Waals surface area contributed by atoms with Crippen LogP contribution >= 0.6 is 0 Å². The van der Waals surface area contributed by atoms with Crippen LogP contribution in [-0.4, -0.2) is 21.7 Å². The lowest BCUT2D eigenvalue weighted by atomic mass is 10.2. The fraction of sp³-hybridized carbons (Fsp3) is 0.286. The van der Waals surface area contributed by atoms with Crippen molar-refractivity contribution in [2.45, 2.75) is 19.8 Å². The van der Waals surface area contributed by atoms with Gasteiger partial charge in [-0.1, -0.05) is 25.5 Å². The van der Waals surface area contributed by atoms with Gasteiger partial charge in [-0.15, -0.1) is 0 Å². The van der Waals surface area contributed by atoms with Crippen LogP contribution in [0.2, 0.25) is 0 Å². The van der Waals surface area contributed by atoms with E-state index in [1.165, 1.54) is 0 Å². The van der Waals surface area contributed by atoms with Gasteiger partial charge in [0.2, 0.25) is 0 Å². The maximum atomic E-state index is 8.07. The molecular weight excluding hydrogens is 212 g/mol. The van der Waals surface area contributed by atoms with Gasteiger partial charge in [0.15, 0.2) is 0 Å². The number of unbranched alkanes of at least 4 members (excludes halogenated alkanes) is 1. The molecule has 0 saturated carbocycles. The lowest BCUT2D eigenvalue weighted by Gasteiger charge is -1.96. The fourth-order valence-corrected chi connectivity index (χ4v) is 1.19. The van der Waals surface area contributed by atoms with Crippen LogP contribution in [0, 0.1) is 0 Å². The lowest BCUT2D eigenvalue weighted by Crippen LogP contribution is -1.83. The SMILES string of the molecule is CCCCO.c1ccc(-c2ccccn2)nc1. The summed E-state index contributed by atoms with van der Waals surface area (Å²) < 4.78 is 0. The lowest BCUT2D eigenvalue weighted by molar-refractivity contribution is 0.287. The van der Waals surface area contributed by atoms with Gasteiger partial charge in [0.25, 0.3) is 0 Å². The van der Waals surface area contributed by atoms with Crippen LogP contribution in [0.3, 0.4) is 0 Å². The van der Waals surface area contributed by atoms with Crippen LogP contribution in [0.15, 0.2) is 48.8 Å². The molecule has 1 N–H and O–H groups in total. The molecule has 3 heteroatoms. The van der Waals surface area contributed by atoms with Crippen LogP contribution in [0.25, 0.3) is 11.4 Å². The van der Waals surface area contributed by atoms with Gasteiger partial charge in [0.05, 0.1) is 11.4 Å². The van der Waals surface area contributed by atoms with E-state index in [4.69, 9.17) is 5.11 Å². The van der Waals surface area contributed by atoms with E-state index in [-0.39, 0.29) is 0 Å². The third-order valence-electron chi connectivity index (χ3n) is 2.10. The van der Waals surface area contributed by atoms with E-state index in [1.54, 1.807) is 12.4 Å². The Morgan fingerprint density at radius 1 is 0.941 bits per heavy atom. The average molecular weight is 230 g/mol. The molecule has 0 bridgehead atoms. The minimum absolute atomic E-state index is 0.344. The van der Waals surface area contributed by atoms with Gasteiger partial charge in [0, 0.05) is 19.0 Å². The molecule has 17 heavy (non-hydrogen) atoms. The Kier molecular flexibility index (Phi) is 6.60. The molecule has 0 radical (unpaired) electrons. The predicted molar refractivity (Wildman–Crippen MR) is 69.5 cm³/mol. The Morgan fingerprint density at radius 3 is 1.71 bits per heavy atom. The molecule has 0 aromatic carbocycles. The van der Waals surface area contributed by atoms with Crippen molar-refractivity contribution < 1.29 is 5.11 Å². The molecule has 0 aliphatic rings. The summed E-state index contributed by atoms with van der Waals surface area (Å²) in [6, 6.07) is 11.6. The Labute approximate surface area is 102 Å². The van der Waals surface area contributed by atoms with E-state index in [0.717, 1.165) is 24.2 Å². The highest BCUT2D eigenvalue weighted by Gasteiger charge is 1.95. The number of aromatic nitrogens is 2. The third kappa shape index (κ3) is 5.22. The Balaban J connectivity index is 0.000000249. The zero-order chi connectivity index (χ0) is 12.3. The summed E-state index contributed by atoms with van der Waals surface area (Å²) in [6.07, 6.45) is 5.57. The van der Waals surface area contributed by atoms with Gasteiger partial charge in [-0.25, -0.2) is 0 Å². The van der Waals surface area contributed by atoms with Crippen LogP contribution < -0.4 is 0 Å². The summed E-state index contributed by atoms with van der Waals surface area (Å²) in [7, 11) is 0. The van der Waals surface area contributed by atoms with Crippen molar-refractivity contribution in [2.75, 3.05) is 6.61 Å². The molecule has 0 saturated heterocycles. The molecule has 90 valence electrons. The van der Waals surface area contributed by atoms with Crippen molar-refractivity contribution in [2.24, 2.45) is 0 Å². The highest BCUT2D eigenvalue weighted by Crippen LogP contribution is 2.10. The smallest absolute Gasteiger partial charge is 0.0886 e. The molecule has 0 atom stereocenters. The monoisotopic (exact) mass is 230 g/mol. The van der Waals surface area contributed by atoms with E-state index in [1.807, 2.05) is 36.4 Å². The van der Waals surface area contributed by atoms with E-state index in [9.17, 15) is 0 Å². The second-order valence-electron chi connectivity index (χ2n) is 3.51. The highest BCUT2D eigenvalue weighted by atomic mass is 16.2. The highest BCUT2D eigenvalue weighted by molar-refractivity contribution is 5.52. The Morgan fingerprint density at radius 2 is 1.47 bits per heavy atom. The van der Waals surface area contributed by atoms with Crippen LogP contribution in [0.5, 0.6) is 0 Å². The standard InChI is InChI=1S/C10H8N2.C4H10O/c1-3-7-11-9(5-1)10-6-2-4-8-12-10;1-2-3-4-5/h1-8H;5H,2-4H2,1H3. The molecule has 0 amide bonds. The molecule has 2 aromatic rings. The van der Waals surface area contributed by atoms with Gasteiger partial charge >= 0.3 is 0 Å². The minimum Gasteiger partial charge on any atom is -0.396 e. The summed E-state index contributed by atoms with van der Waals surface area (Å²) >= 11 is 0. The van der Waals surface area contributed by atoms with E-state index < -0.39 is 0 Å². The maximum Gasteiger partial charge on any atom is 0.0886 e. The molecule has 2 heterocycles. The molecule has 0 unspecified atom stereocenters. The zero-order valence-corrected chi connectivity index (χ0v) is 10.1. The Bertz CT molecular complexity index is 350. The first-order valence-corrected chi connectivity index (χ1v) is 5.81. The normalized spacial score (nSPS) is 9.29. The topological polar surface area (TPSA) is 46.0 Å². The first kappa shape index (κ1) is 13.3. The van der Waals surface area contributed by atoms with E-state index in [0.29, 0.717) is 6.61 Å². The molecule has 2 rings (SSSR count). The van der Waals surface area contributed by atoms with Crippen molar-refractivity contribution in [3.8, 4) is 11.4 Å². The third-order valence-corrected chi connectivity index (χ3v) is 2.10. The van der Waals surface area contributed by atoms with Gasteiger partial charge < -0.3 is 5.11 Å². The number of hydrogen-bond donors (Lipinski definition) is 1. The number of rotatable bonds is 3. The quantitative estimate of drug-likeness (QED) is 0.881. The number of nitrogens with zero attached hydrogens (tertiary/aromatic N) is 2. The summed E-state index contributed by atoms with van der Waals surface area (Å²) in [5.41, 5.74) is 1.83. The van der Waals surface area contributed by atoms with Gasteiger partial charge in [-0.3, -0.25) is 9.97 Å². The molecule has 0 spiro atoms. The second-order valence-corrected chi connectivity index (χ2v) is 3.51. The Hall–Kier alpha value is -1.74. The van der Waals surface area contributed by atoms with E-state index >= 15 is 0 Å². The van der Waals surface area contributed by atoms with Crippen molar-refractivity contribution in [1.29, 1.82) is 0 Å². The predicted octanol–water partition coefficient (Wildman–Crippen LogP) is 2.92. The number of aliphatic hydroxyl groups is 1. The second kappa shape index (κ2) is 8.42. The molecular formula is C14H18N2O. The van der Waals surface area contributed by atoms with Crippen molar-refractivity contribution in [3.05, 3.63) is 48.8 Å². The zero-order valence-electron chi connectivity index (χ0n) is 10.1. The number of hydrogen-bond acceptors (Lipinski definition) is 3. The molecule has 3 nitrogen and oxygen atoms in total. The number of aliphatic hydroxyl groups excluding tert-OH is 1. The summed E-state index contributed by atoms with van der Waals surface area (Å²) in [5.74, 6) is 0. The summed E-state index contributed by atoms with van der Waals surface area (Å²) in [4.78, 5) is 8.37.